The molecule has 0 fully saturated rings. The molecular formula is C24H19NO3. The van der Waals surface area contributed by atoms with Gasteiger partial charge < -0.3 is 15.2 Å². The van der Waals surface area contributed by atoms with E-state index in [2.05, 4.69) is 11.6 Å². The van der Waals surface area contributed by atoms with Gasteiger partial charge in [0.2, 0.25) is 0 Å². The number of aromatic hydroxyl groups is 1. The normalized spacial score (nSPS) is 10.9. The Bertz CT molecular complexity index is 1220. The first-order valence-electron chi connectivity index (χ1n) is 8.89. The van der Waals surface area contributed by atoms with Crippen molar-refractivity contribution < 1.29 is 15.0 Å². The molecule has 4 nitrogen and oxygen atoms in total. The third-order valence-corrected chi connectivity index (χ3v) is 4.87. The van der Waals surface area contributed by atoms with Crippen LogP contribution in [0.2, 0.25) is 0 Å². The first-order chi connectivity index (χ1) is 13.4. The second-order valence-electron chi connectivity index (χ2n) is 6.84. The maximum Gasteiger partial charge on any atom is 0.335 e. The van der Waals surface area contributed by atoms with E-state index in [0.717, 1.165) is 44.4 Å². The van der Waals surface area contributed by atoms with Crippen molar-refractivity contribution in [3.63, 3.8) is 0 Å². The van der Waals surface area contributed by atoms with Crippen LogP contribution in [-0.4, -0.2) is 21.2 Å². The van der Waals surface area contributed by atoms with E-state index >= 15 is 0 Å². The van der Waals surface area contributed by atoms with Gasteiger partial charge in [-0.05, 0) is 70.8 Å². The van der Waals surface area contributed by atoms with Gasteiger partial charge in [-0.15, -0.1) is 0 Å². The number of hydrogen-bond donors (Lipinski definition) is 3. The van der Waals surface area contributed by atoms with Crippen molar-refractivity contribution in [3.05, 3.63) is 84.4 Å². The second-order valence-corrected chi connectivity index (χ2v) is 6.84. The number of nitrogens with one attached hydrogen (secondary N) is 1. The molecular weight excluding hydrogens is 350 g/mol. The third-order valence-electron chi connectivity index (χ3n) is 4.87. The molecule has 0 unspecified atom stereocenters. The highest BCUT2D eigenvalue weighted by Crippen LogP contribution is 2.35. The number of phenols is 1. The highest BCUT2D eigenvalue weighted by atomic mass is 16.4. The Kier molecular flexibility index (Phi) is 4.24. The number of phenolic OH excluding ortho intramolecular Hbond substituents is 1. The molecule has 4 aromatic rings. The van der Waals surface area contributed by atoms with Gasteiger partial charge in [0.15, 0.2) is 0 Å². The summed E-state index contributed by atoms with van der Waals surface area (Å²) in [6.45, 7) is 5.88. The van der Waals surface area contributed by atoms with Gasteiger partial charge >= 0.3 is 5.97 Å². The van der Waals surface area contributed by atoms with Crippen LogP contribution in [0, 0.1) is 0 Å². The Hall–Kier alpha value is -3.79. The predicted octanol–water partition coefficient (Wildman–Crippen LogP) is 5.94. The molecule has 4 heteroatoms. The number of carbonyl (C=O) groups is 1. The summed E-state index contributed by atoms with van der Waals surface area (Å²) in [5, 5.41) is 21.3. The zero-order valence-electron chi connectivity index (χ0n) is 15.4. The molecule has 28 heavy (non-hydrogen) atoms. The number of hydrogen-bond acceptors (Lipinski definition) is 2. The quantitative estimate of drug-likeness (QED) is 0.417. The van der Waals surface area contributed by atoms with E-state index < -0.39 is 5.97 Å². The van der Waals surface area contributed by atoms with Crippen LogP contribution in [0.25, 0.3) is 38.9 Å². The summed E-state index contributed by atoms with van der Waals surface area (Å²) >= 11 is 0. The molecule has 0 atom stereocenters. The van der Waals surface area contributed by atoms with E-state index in [0.29, 0.717) is 0 Å². The molecule has 138 valence electrons. The fourth-order valence-electron chi connectivity index (χ4n) is 3.45. The Morgan fingerprint density at radius 2 is 1.50 bits per heavy atom. The van der Waals surface area contributed by atoms with Crippen molar-refractivity contribution >= 4 is 22.3 Å². The minimum absolute atomic E-state index is 0.225. The lowest BCUT2D eigenvalue weighted by Gasteiger charge is -2.10. The molecule has 0 spiro atoms. The summed E-state index contributed by atoms with van der Waals surface area (Å²) in [6.07, 6.45) is 0. The Balaban J connectivity index is 1.76. The van der Waals surface area contributed by atoms with E-state index in [-0.39, 0.29) is 11.3 Å². The SMILES string of the molecule is C=C(C)c1c(O)ccc2ccc(-c3ccc(-c4ccc(C(=O)O)cc4)[nH]3)cc12. The van der Waals surface area contributed by atoms with E-state index in [1.54, 1.807) is 30.3 Å². The summed E-state index contributed by atoms with van der Waals surface area (Å²) in [7, 11) is 0. The fraction of sp³-hybridized carbons (Fsp3) is 0.0417. The molecule has 0 saturated heterocycles. The second kappa shape index (κ2) is 6.74. The Morgan fingerprint density at radius 1 is 0.893 bits per heavy atom. The van der Waals surface area contributed by atoms with Crippen molar-refractivity contribution in [2.24, 2.45) is 0 Å². The zero-order chi connectivity index (χ0) is 19.8. The molecule has 0 amide bonds. The molecule has 0 radical (unpaired) electrons. The standard InChI is InChI=1S/C24H19NO3/c1-14(2)23-19-13-18(8-3-15(19)9-12-22(23)26)21-11-10-20(25-21)16-4-6-17(7-5-16)24(27)28/h3-13,25-26H,1H2,2H3,(H,27,28). The van der Waals surface area contributed by atoms with Crippen LogP contribution in [0.1, 0.15) is 22.8 Å². The fourth-order valence-corrected chi connectivity index (χ4v) is 3.45. The smallest absolute Gasteiger partial charge is 0.335 e. The molecule has 1 heterocycles. The molecule has 1 aromatic heterocycles. The van der Waals surface area contributed by atoms with E-state index in [1.165, 1.54) is 0 Å². The maximum absolute atomic E-state index is 11.0. The van der Waals surface area contributed by atoms with Crippen molar-refractivity contribution in [2.75, 3.05) is 0 Å². The number of H-pyrrole nitrogens is 1. The first-order valence-corrected chi connectivity index (χ1v) is 8.89. The van der Waals surface area contributed by atoms with Gasteiger partial charge in [0, 0.05) is 17.0 Å². The van der Waals surface area contributed by atoms with Gasteiger partial charge in [-0.1, -0.05) is 36.9 Å². The Labute approximate surface area is 162 Å². The number of benzene rings is 3. The van der Waals surface area contributed by atoms with Crippen LogP contribution in [-0.2, 0) is 0 Å². The van der Waals surface area contributed by atoms with Crippen LogP contribution in [0.4, 0.5) is 0 Å². The van der Waals surface area contributed by atoms with Crippen LogP contribution >= 0.6 is 0 Å². The number of allylic oxidation sites excluding steroid dienone is 1. The lowest BCUT2D eigenvalue weighted by atomic mass is 9.96. The van der Waals surface area contributed by atoms with Gasteiger partial charge in [-0.3, -0.25) is 0 Å². The predicted molar refractivity (Wildman–Crippen MR) is 113 cm³/mol. The number of aromatic amines is 1. The highest BCUT2D eigenvalue weighted by molar-refractivity contribution is 5.98. The minimum atomic E-state index is -0.938. The summed E-state index contributed by atoms with van der Waals surface area (Å²) in [4.78, 5) is 14.4. The van der Waals surface area contributed by atoms with E-state index in [1.807, 2.05) is 43.3 Å². The van der Waals surface area contributed by atoms with Crippen LogP contribution in [0.5, 0.6) is 5.75 Å². The number of aromatic nitrogens is 1. The largest absolute Gasteiger partial charge is 0.507 e. The van der Waals surface area contributed by atoms with Crippen molar-refractivity contribution in [3.8, 4) is 28.3 Å². The summed E-state index contributed by atoms with van der Waals surface area (Å²) in [6, 6.07) is 20.4. The lowest BCUT2D eigenvalue weighted by molar-refractivity contribution is 0.0697. The molecule has 0 aliphatic carbocycles. The number of carboxylic acids is 1. The molecule has 3 N–H and O–H groups in total. The monoisotopic (exact) mass is 369 g/mol. The van der Waals surface area contributed by atoms with Crippen molar-refractivity contribution in [1.82, 2.24) is 4.98 Å². The van der Waals surface area contributed by atoms with Crippen molar-refractivity contribution in [1.29, 1.82) is 0 Å². The summed E-state index contributed by atoms with van der Waals surface area (Å²) in [5.74, 6) is -0.714. The number of rotatable bonds is 4. The van der Waals surface area contributed by atoms with Gasteiger partial charge in [-0.2, -0.15) is 0 Å². The van der Waals surface area contributed by atoms with Gasteiger partial charge in [0.05, 0.1) is 5.56 Å². The number of carboxylic acid groups (broad SMARTS) is 1. The minimum Gasteiger partial charge on any atom is -0.507 e. The lowest BCUT2D eigenvalue weighted by Crippen LogP contribution is -1.94. The average molecular weight is 369 g/mol. The molecule has 0 saturated carbocycles. The summed E-state index contributed by atoms with van der Waals surface area (Å²) < 4.78 is 0. The third kappa shape index (κ3) is 3.05. The van der Waals surface area contributed by atoms with Crippen molar-refractivity contribution in [2.45, 2.75) is 6.92 Å². The number of fused-ring (bicyclic) bond motifs is 1. The topological polar surface area (TPSA) is 73.3 Å². The molecule has 4 rings (SSSR count). The average Bonchev–Trinajstić information content (AvgIpc) is 3.17. The van der Waals surface area contributed by atoms with Gasteiger partial charge in [0.25, 0.3) is 0 Å². The summed E-state index contributed by atoms with van der Waals surface area (Å²) in [5.41, 5.74) is 5.59. The molecule has 3 aromatic carbocycles. The number of aromatic carboxylic acids is 1. The van der Waals surface area contributed by atoms with Crippen LogP contribution in [0.15, 0.2) is 73.3 Å². The van der Waals surface area contributed by atoms with Gasteiger partial charge in [0.1, 0.15) is 5.75 Å². The Morgan fingerprint density at radius 3 is 2.14 bits per heavy atom. The van der Waals surface area contributed by atoms with E-state index in [4.69, 9.17) is 5.11 Å². The molecule has 0 bridgehead atoms. The molecule has 0 aliphatic heterocycles. The highest BCUT2D eigenvalue weighted by Gasteiger charge is 2.11. The zero-order valence-corrected chi connectivity index (χ0v) is 15.4. The first kappa shape index (κ1) is 17.6. The maximum atomic E-state index is 11.0. The van der Waals surface area contributed by atoms with Crippen LogP contribution < -0.4 is 0 Å². The van der Waals surface area contributed by atoms with Gasteiger partial charge in [-0.25, -0.2) is 4.79 Å². The van der Waals surface area contributed by atoms with E-state index in [9.17, 15) is 9.90 Å². The molecule has 0 aliphatic rings. The van der Waals surface area contributed by atoms with Crippen LogP contribution in [0.3, 0.4) is 0 Å².